The van der Waals surface area contributed by atoms with E-state index < -0.39 is 10.8 Å². The highest BCUT2D eigenvalue weighted by molar-refractivity contribution is 7.83. The number of carbonyl (C=O) groups excluding carboxylic acids is 1. The van der Waals surface area contributed by atoms with Crippen molar-refractivity contribution in [3.05, 3.63) is 65.5 Å². The second-order valence-electron chi connectivity index (χ2n) is 7.01. The zero-order valence-electron chi connectivity index (χ0n) is 15.8. The molecule has 0 spiro atoms. The molecule has 1 aromatic heterocycles. The van der Waals surface area contributed by atoms with E-state index >= 15 is 0 Å². The predicted molar refractivity (Wildman–Crippen MR) is 109 cm³/mol. The average molecular weight is 386 g/mol. The van der Waals surface area contributed by atoms with E-state index in [9.17, 15) is 9.00 Å². The van der Waals surface area contributed by atoms with Crippen LogP contribution in [0.5, 0.6) is 0 Å². The summed E-state index contributed by atoms with van der Waals surface area (Å²) in [4.78, 5) is 19.8. The quantitative estimate of drug-likeness (QED) is 0.831. The molecule has 1 fully saturated rings. The van der Waals surface area contributed by atoms with E-state index in [0.29, 0.717) is 17.9 Å². The number of nitrogens with one attached hydrogen (secondary N) is 1. The van der Waals surface area contributed by atoms with Gasteiger partial charge >= 0.3 is 0 Å². The lowest BCUT2D eigenvalue weighted by molar-refractivity contribution is 0.0642. The maximum atomic E-state index is 13.4. The molecule has 1 amide bonds. The third-order valence-corrected chi connectivity index (χ3v) is 5.59. The van der Waals surface area contributed by atoms with Gasteiger partial charge in [-0.15, -0.1) is 0 Å². The highest BCUT2D eigenvalue weighted by Gasteiger charge is 2.26. The summed E-state index contributed by atoms with van der Waals surface area (Å²) < 4.78 is 11.6. The molecule has 1 N–H and O–H groups in total. The van der Waals surface area contributed by atoms with Crippen LogP contribution in [0.25, 0.3) is 0 Å². The molecule has 1 saturated heterocycles. The molecule has 0 bridgehead atoms. The number of benzene rings is 1. The van der Waals surface area contributed by atoms with E-state index in [1.165, 1.54) is 0 Å². The first-order valence-electron chi connectivity index (χ1n) is 9.44. The Morgan fingerprint density at radius 3 is 2.89 bits per heavy atom. The van der Waals surface area contributed by atoms with Gasteiger partial charge in [0.1, 0.15) is 0 Å². The van der Waals surface area contributed by atoms with Crippen molar-refractivity contribution in [1.82, 2.24) is 15.2 Å². The van der Waals surface area contributed by atoms with E-state index in [4.69, 9.17) is 0 Å². The van der Waals surface area contributed by atoms with Gasteiger partial charge in [0.2, 0.25) is 0 Å². The molecule has 1 aliphatic rings. The summed E-state index contributed by atoms with van der Waals surface area (Å²) in [5, 5.41) is 3.42. The van der Waals surface area contributed by atoms with Crippen LogP contribution in [0.3, 0.4) is 0 Å². The standard InChI is InChI=1S/C21H27N3O2S/c1-27(26)16-17-6-4-7-18(14-17)21(25)24(15-19-8-2-3-12-23-19)20-9-5-11-22-13-10-20/h2-4,6-8,12,14,20,22H,5,9-11,13,15-16H2,1H3. The van der Waals surface area contributed by atoms with Crippen LogP contribution >= 0.6 is 0 Å². The molecule has 3 rings (SSSR count). The zero-order chi connectivity index (χ0) is 19.1. The summed E-state index contributed by atoms with van der Waals surface area (Å²) >= 11 is 0. The first-order chi connectivity index (χ1) is 13.1. The van der Waals surface area contributed by atoms with Gasteiger partial charge in [-0.05, 0) is 62.2 Å². The number of amides is 1. The van der Waals surface area contributed by atoms with Gasteiger partial charge in [0.25, 0.3) is 5.91 Å². The summed E-state index contributed by atoms with van der Waals surface area (Å²) in [5.41, 5.74) is 2.49. The van der Waals surface area contributed by atoms with Crippen molar-refractivity contribution in [3.8, 4) is 0 Å². The largest absolute Gasteiger partial charge is 0.330 e. The van der Waals surface area contributed by atoms with Gasteiger partial charge in [0.05, 0.1) is 12.2 Å². The van der Waals surface area contributed by atoms with E-state index in [0.717, 1.165) is 43.6 Å². The summed E-state index contributed by atoms with van der Waals surface area (Å²) in [6, 6.07) is 13.5. The molecule has 1 aromatic carbocycles. The molecule has 2 aromatic rings. The molecule has 5 nitrogen and oxygen atoms in total. The predicted octanol–water partition coefficient (Wildman–Crippen LogP) is 2.74. The van der Waals surface area contributed by atoms with E-state index in [1.807, 2.05) is 47.4 Å². The van der Waals surface area contributed by atoms with Crippen molar-refractivity contribution in [3.63, 3.8) is 0 Å². The minimum atomic E-state index is -0.930. The molecule has 2 atom stereocenters. The maximum Gasteiger partial charge on any atom is 0.254 e. The first kappa shape index (κ1) is 19.7. The Bertz CT molecular complexity index is 774. The number of hydrogen-bond donors (Lipinski definition) is 1. The Hall–Kier alpha value is -2.05. The number of pyridine rings is 1. The Balaban J connectivity index is 1.86. The fourth-order valence-electron chi connectivity index (χ4n) is 3.54. The topological polar surface area (TPSA) is 62.3 Å². The Labute approximate surface area is 163 Å². The van der Waals surface area contributed by atoms with Crippen LogP contribution in [0, 0.1) is 0 Å². The van der Waals surface area contributed by atoms with Gasteiger partial charge < -0.3 is 10.2 Å². The van der Waals surface area contributed by atoms with Gasteiger partial charge in [0, 0.05) is 40.6 Å². The summed E-state index contributed by atoms with van der Waals surface area (Å²) in [7, 11) is -0.930. The third kappa shape index (κ3) is 5.71. The number of hydrogen-bond acceptors (Lipinski definition) is 4. The molecule has 27 heavy (non-hydrogen) atoms. The maximum absolute atomic E-state index is 13.4. The van der Waals surface area contributed by atoms with Crippen molar-refractivity contribution >= 4 is 16.7 Å². The van der Waals surface area contributed by atoms with Gasteiger partial charge in [-0.3, -0.25) is 14.0 Å². The number of aromatic nitrogens is 1. The van der Waals surface area contributed by atoms with Crippen LogP contribution in [0.2, 0.25) is 0 Å². The van der Waals surface area contributed by atoms with E-state index in [1.54, 1.807) is 12.5 Å². The van der Waals surface area contributed by atoms with Crippen LogP contribution < -0.4 is 5.32 Å². The Morgan fingerprint density at radius 1 is 1.22 bits per heavy atom. The molecular weight excluding hydrogens is 358 g/mol. The average Bonchev–Trinajstić information content (AvgIpc) is 2.95. The normalized spacial score (nSPS) is 18.5. The van der Waals surface area contributed by atoms with Gasteiger partial charge in [-0.2, -0.15) is 0 Å². The minimum absolute atomic E-state index is 0.0243. The lowest BCUT2D eigenvalue weighted by Crippen LogP contribution is -2.40. The van der Waals surface area contributed by atoms with Crippen molar-refractivity contribution in [1.29, 1.82) is 0 Å². The minimum Gasteiger partial charge on any atom is -0.330 e. The lowest BCUT2D eigenvalue weighted by atomic mass is 10.0. The number of carbonyl (C=O) groups is 1. The zero-order valence-corrected chi connectivity index (χ0v) is 16.6. The highest BCUT2D eigenvalue weighted by atomic mass is 32.2. The fraction of sp³-hybridized carbons (Fsp3) is 0.429. The molecule has 2 heterocycles. The smallest absolute Gasteiger partial charge is 0.254 e. The summed E-state index contributed by atoms with van der Waals surface area (Å²) in [6.45, 7) is 2.43. The molecule has 2 unspecified atom stereocenters. The fourth-order valence-corrected chi connectivity index (χ4v) is 4.19. The molecule has 0 saturated carbocycles. The van der Waals surface area contributed by atoms with E-state index in [2.05, 4.69) is 10.3 Å². The Morgan fingerprint density at radius 2 is 2.11 bits per heavy atom. The highest BCUT2D eigenvalue weighted by Crippen LogP contribution is 2.20. The van der Waals surface area contributed by atoms with Crippen LogP contribution in [-0.2, 0) is 23.1 Å². The van der Waals surface area contributed by atoms with Gasteiger partial charge in [-0.25, -0.2) is 0 Å². The van der Waals surface area contributed by atoms with Gasteiger partial charge in [0.15, 0.2) is 0 Å². The van der Waals surface area contributed by atoms with Crippen molar-refractivity contribution in [2.24, 2.45) is 0 Å². The summed E-state index contributed by atoms with van der Waals surface area (Å²) in [6.07, 6.45) is 6.44. The van der Waals surface area contributed by atoms with Crippen LogP contribution in [0.4, 0.5) is 0 Å². The molecule has 0 aliphatic carbocycles. The van der Waals surface area contributed by atoms with Crippen LogP contribution in [-0.4, -0.2) is 45.4 Å². The molecule has 1 aliphatic heterocycles. The SMILES string of the molecule is CS(=O)Cc1cccc(C(=O)N(Cc2ccccn2)C2CCCNCC2)c1. The van der Waals surface area contributed by atoms with Crippen LogP contribution in [0.1, 0.15) is 40.9 Å². The molecular formula is C21H27N3O2S. The monoisotopic (exact) mass is 385 g/mol. The number of rotatable bonds is 6. The van der Waals surface area contributed by atoms with E-state index in [-0.39, 0.29) is 11.9 Å². The molecule has 0 radical (unpaired) electrons. The second-order valence-corrected chi connectivity index (χ2v) is 8.44. The summed E-state index contributed by atoms with van der Waals surface area (Å²) in [5.74, 6) is 0.491. The molecule has 144 valence electrons. The number of nitrogens with zero attached hydrogens (tertiary/aromatic N) is 2. The van der Waals surface area contributed by atoms with Crippen molar-refractivity contribution < 1.29 is 9.00 Å². The third-order valence-electron chi connectivity index (χ3n) is 4.85. The Kier molecular flexibility index (Phi) is 7.12. The van der Waals surface area contributed by atoms with Crippen LogP contribution in [0.15, 0.2) is 48.7 Å². The molecule has 6 heteroatoms. The van der Waals surface area contributed by atoms with Crippen molar-refractivity contribution in [2.75, 3.05) is 19.3 Å². The first-order valence-corrected chi connectivity index (χ1v) is 11.2. The van der Waals surface area contributed by atoms with Gasteiger partial charge in [-0.1, -0.05) is 18.2 Å². The lowest BCUT2D eigenvalue weighted by Gasteiger charge is -2.31. The second kappa shape index (κ2) is 9.76. The van der Waals surface area contributed by atoms with Crippen molar-refractivity contribution in [2.45, 2.75) is 37.6 Å².